The van der Waals surface area contributed by atoms with E-state index in [2.05, 4.69) is 29.5 Å². The highest BCUT2D eigenvalue weighted by Crippen LogP contribution is 2.37. The third-order valence-electron chi connectivity index (χ3n) is 6.34. The first kappa shape index (κ1) is 26.6. The molecule has 2 heterocycles. The molecular formula is C29H26ClF3N4O2. The number of carbonyl (C=O) groups is 1. The largest absolute Gasteiger partial charge is 0.484 e. The van der Waals surface area contributed by atoms with E-state index in [4.69, 9.17) is 21.3 Å². The van der Waals surface area contributed by atoms with Crippen LogP contribution in [0.5, 0.6) is 0 Å². The number of rotatable bonds is 7. The van der Waals surface area contributed by atoms with E-state index in [1.165, 1.54) is 12.1 Å². The van der Waals surface area contributed by atoms with Gasteiger partial charge in [0.1, 0.15) is 12.4 Å². The molecule has 1 aliphatic rings. The minimum Gasteiger partial charge on any atom is -0.484 e. The number of benzene rings is 3. The molecule has 0 saturated carbocycles. The highest BCUT2D eigenvalue weighted by molar-refractivity contribution is 6.31. The SMILES string of the molecule is Cc1c(Cl)cccc1N/C(=C1\CO1)c1cc(NC(=O)c2ccccc2C(F)(F)F)cc2[nH]c(CC(C)C)nc12. The van der Waals surface area contributed by atoms with Crippen molar-refractivity contribution < 1.29 is 22.7 Å². The summed E-state index contributed by atoms with van der Waals surface area (Å²) in [5.74, 6) is 0.914. The Morgan fingerprint density at radius 1 is 1.10 bits per heavy atom. The summed E-state index contributed by atoms with van der Waals surface area (Å²) < 4.78 is 46.3. The molecule has 3 aromatic carbocycles. The topological polar surface area (TPSA) is 82.3 Å². The molecule has 10 heteroatoms. The van der Waals surface area contributed by atoms with Gasteiger partial charge in [-0.3, -0.25) is 4.79 Å². The van der Waals surface area contributed by atoms with Crippen LogP contribution in [-0.4, -0.2) is 22.5 Å². The molecular weight excluding hydrogens is 529 g/mol. The van der Waals surface area contributed by atoms with E-state index >= 15 is 0 Å². The number of halogens is 4. The summed E-state index contributed by atoms with van der Waals surface area (Å²) in [6.45, 7) is 6.45. The number of aromatic nitrogens is 2. The van der Waals surface area contributed by atoms with Gasteiger partial charge < -0.3 is 20.4 Å². The number of epoxide rings is 1. The Bertz CT molecular complexity index is 1600. The smallest absolute Gasteiger partial charge is 0.417 e. The molecule has 1 amide bonds. The zero-order valence-electron chi connectivity index (χ0n) is 21.5. The van der Waals surface area contributed by atoms with Gasteiger partial charge in [-0.25, -0.2) is 4.98 Å². The summed E-state index contributed by atoms with van der Waals surface area (Å²) in [4.78, 5) is 21.2. The number of fused-ring (bicyclic) bond motifs is 1. The van der Waals surface area contributed by atoms with Crippen molar-refractivity contribution in [1.29, 1.82) is 0 Å². The third-order valence-corrected chi connectivity index (χ3v) is 6.75. The van der Waals surface area contributed by atoms with Gasteiger partial charge in [-0.1, -0.05) is 43.6 Å². The number of ether oxygens (including phenoxy) is 1. The summed E-state index contributed by atoms with van der Waals surface area (Å²) in [6.07, 6.45) is -3.98. The van der Waals surface area contributed by atoms with Crippen LogP contribution in [0.1, 0.15) is 46.7 Å². The zero-order chi connectivity index (χ0) is 27.9. The molecule has 0 spiro atoms. The van der Waals surface area contributed by atoms with Crippen LogP contribution >= 0.6 is 11.6 Å². The van der Waals surface area contributed by atoms with Gasteiger partial charge in [-0.15, -0.1) is 0 Å². The molecule has 1 fully saturated rings. The van der Waals surface area contributed by atoms with E-state index in [9.17, 15) is 18.0 Å². The number of carbonyl (C=O) groups excluding carboxylic acids is 1. The molecule has 6 nitrogen and oxygen atoms in total. The number of hydrogen-bond donors (Lipinski definition) is 3. The molecule has 0 atom stereocenters. The number of amides is 1. The van der Waals surface area contributed by atoms with Gasteiger partial charge in [0.15, 0.2) is 5.76 Å². The first-order valence-corrected chi connectivity index (χ1v) is 12.8. The van der Waals surface area contributed by atoms with Crippen LogP contribution in [0.15, 0.2) is 60.4 Å². The molecule has 3 N–H and O–H groups in total. The Balaban J connectivity index is 1.60. The van der Waals surface area contributed by atoms with Gasteiger partial charge in [0.25, 0.3) is 5.91 Å². The third kappa shape index (κ3) is 5.73. The quantitative estimate of drug-likeness (QED) is 0.203. The second-order valence-corrected chi connectivity index (χ2v) is 10.2. The number of imidazole rings is 1. The van der Waals surface area contributed by atoms with E-state index in [0.29, 0.717) is 57.7 Å². The molecule has 1 saturated heterocycles. The summed E-state index contributed by atoms with van der Waals surface area (Å²) in [6, 6.07) is 13.6. The van der Waals surface area contributed by atoms with Gasteiger partial charge in [-0.05, 0) is 54.8 Å². The molecule has 5 rings (SSSR count). The lowest BCUT2D eigenvalue weighted by atomic mass is 10.0. The fourth-order valence-electron chi connectivity index (χ4n) is 4.39. The first-order chi connectivity index (χ1) is 18.5. The number of H-pyrrole nitrogens is 1. The van der Waals surface area contributed by atoms with E-state index in [1.807, 2.05) is 19.1 Å². The number of nitrogens with zero attached hydrogens (tertiary/aromatic N) is 1. The monoisotopic (exact) mass is 554 g/mol. The minimum absolute atomic E-state index is 0.308. The number of nitrogens with one attached hydrogen (secondary N) is 3. The second kappa shape index (κ2) is 10.3. The fourth-order valence-corrected chi connectivity index (χ4v) is 4.56. The molecule has 0 radical (unpaired) electrons. The van der Waals surface area contributed by atoms with Crippen LogP contribution in [0.3, 0.4) is 0 Å². The Morgan fingerprint density at radius 3 is 2.54 bits per heavy atom. The maximum absolute atomic E-state index is 13.6. The van der Waals surface area contributed by atoms with E-state index in [1.54, 1.807) is 18.2 Å². The second-order valence-electron chi connectivity index (χ2n) is 9.82. The molecule has 202 valence electrons. The van der Waals surface area contributed by atoms with Crippen LogP contribution in [0.4, 0.5) is 24.5 Å². The van der Waals surface area contributed by atoms with E-state index in [-0.39, 0.29) is 0 Å². The van der Waals surface area contributed by atoms with E-state index in [0.717, 1.165) is 29.2 Å². The number of aromatic amines is 1. The van der Waals surface area contributed by atoms with Crippen molar-refractivity contribution >= 4 is 45.6 Å². The van der Waals surface area contributed by atoms with Crippen LogP contribution in [0.2, 0.25) is 5.02 Å². The van der Waals surface area contributed by atoms with Crippen molar-refractivity contribution in [1.82, 2.24) is 9.97 Å². The van der Waals surface area contributed by atoms with Gasteiger partial charge in [0.2, 0.25) is 0 Å². The maximum atomic E-state index is 13.6. The average molecular weight is 555 g/mol. The van der Waals surface area contributed by atoms with Crippen LogP contribution in [-0.2, 0) is 17.3 Å². The van der Waals surface area contributed by atoms with Crippen molar-refractivity contribution in [2.45, 2.75) is 33.4 Å². The lowest BCUT2D eigenvalue weighted by molar-refractivity contribution is -0.137. The van der Waals surface area contributed by atoms with Gasteiger partial charge in [-0.2, -0.15) is 13.2 Å². The highest BCUT2D eigenvalue weighted by atomic mass is 35.5. The molecule has 4 aromatic rings. The number of alkyl halides is 3. The number of hydrogen-bond acceptors (Lipinski definition) is 4. The Labute approximate surface area is 228 Å². The van der Waals surface area contributed by atoms with Gasteiger partial charge in [0, 0.05) is 28.4 Å². The van der Waals surface area contributed by atoms with Gasteiger partial charge in [0.05, 0.1) is 27.9 Å². The average Bonchev–Trinajstić information content (AvgIpc) is 3.63. The van der Waals surface area contributed by atoms with Gasteiger partial charge >= 0.3 is 6.18 Å². The summed E-state index contributed by atoms with van der Waals surface area (Å²) in [5.41, 5.74) is 2.98. The Morgan fingerprint density at radius 2 is 1.85 bits per heavy atom. The molecule has 0 bridgehead atoms. The normalized spacial score (nSPS) is 14.4. The van der Waals surface area contributed by atoms with Crippen LogP contribution in [0.25, 0.3) is 16.7 Å². The Hall–Kier alpha value is -3.98. The summed E-state index contributed by atoms with van der Waals surface area (Å²) in [5, 5.41) is 6.65. The number of anilines is 2. The van der Waals surface area contributed by atoms with Crippen molar-refractivity contribution in [3.05, 3.63) is 93.5 Å². The lowest BCUT2D eigenvalue weighted by Gasteiger charge is -2.16. The predicted octanol–water partition coefficient (Wildman–Crippen LogP) is 7.81. The van der Waals surface area contributed by atoms with Crippen LogP contribution < -0.4 is 10.6 Å². The highest BCUT2D eigenvalue weighted by Gasteiger charge is 2.35. The zero-order valence-corrected chi connectivity index (χ0v) is 22.2. The molecule has 39 heavy (non-hydrogen) atoms. The Kier molecular flexibility index (Phi) is 7.03. The maximum Gasteiger partial charge on any atom is 0.417 e. The summed E-state index contributed by atoms with van der Waals surface area (Å²) in [7, 11) is 0. The first-order valence-electron chi connectivity index (χ1n) is 12.4. The standard InChI is InChI=1S/C29H26ClF3N4O2/c1-15(2)11-25-35-23-13-17(34-28(38)18-7-4-5-8-20(18)29(31,32)33)12-19(26(23)37-25)27(24-14-39-24)36-22-10-6-9-21(30)16(22)3/h4-10,12-13,15,36H,11,14H2,1-3H3,(H,34,38)(H,35,37)/b27-24+. The van der Waals surface area contributed by atoms with Crippen molar-refractivity contribution in [2.75, 3.05) is 17.2 Å². The van der Waals surface area contributed by atoms with E-state index < -0.39 is 23.2 Å². The summed E-state index contributed by atoms with van der Waals surface area (Å²) >= 11 is 6.34. The lowest BCUT2D eigenvalue weighted by Crippen LogP contribution is -2.18. The van der Waals surface area contributed by atoms with Crippen LogP contribution in [0, 0.1) is 12.8 Å². The fraction of sp³-hybridized carbons (Fsp3) is 0.241. The molecule has 1 aromatic heterocycles. The van der Waals surface area contributed by atoms with Crippen molar-refractivity contribution in [3.8, 4) is 0 Å². The predicted molar refractivity (Wildman–Crippen MR) is 147 cm³/mol. The molecule has 0 aliphatic carbocycles. The molecule has 1 aliphatic heterocycles. The molecule has 0 unspecified atom stereocenters. The van der Waals surface area contributed by atoms with Crippen molar-refractivity contribution in [3.63, 3.8) is 0 Å². The van der Waals surface area contributed by atoms with Crippen molar-refractivity contribution in [2.24, 2.45) is 5.92 Å². The minimum atomic E-state index is -4.67.